The first-order valence-corrected chi connectivity index (χ1v) is 16.5. The number of nitrogen functional groups attached to an aromatic ring is 1. The smallest absolute Gasteiger partial charge is 0.416 e. The summed E-state index contributed by atoms with van der Waals surface area (Å²) in [5, 5.41) is 9.48. The molecule has 0 saturated carbocycles. The van der Waals surface area contributed by atoms with E-state index in [2.05, 4.69) is 30.8 Å². The number of aromatic nitrogens is 2. The predicted octanol–water partition coefficient (Wildman–Crippen LogP) is 5.98. The number of rotatable bonds is 10. The molecular weight excluding hydrogens is 651 g/mol. The third kappa shape index (κ3) is 8.19. The number of amides is 2. The van der Waals surface area contributed by atoms with E-state index in [1.807, 2.05) is 30.3 Å². The minimum Gasteiger partial charge on any atom is -0.493 e. The van der Waals surface area contributed by atoms with Gasteiger partial charge in [0.25, 0.3) is 0 Å². The fraction of sp³-hybridized carbons (Fsp3) is 0.389. The Morgan fingerprint density at radius 1 is 1.02 bits per heavy atom. The van der Waals surface area contributed by atoms with Crippen LogP contribution in [0.1, 0.15) is 61.2 Å². The minimum atomic E-state index is -4.52. The van der Waals surface area contributed by atoms with Crippen molar-refractivity contribution < 1.29 is 32.2 Å². The van der Waals surface area contributed by atoms with Crippen molar-refractivity contribution in [1.29, 1.82) is 0 Å². The van der Waals surface area contributed by atoms with Crippen LogP contribution in [0.2, 0.25) is 0 Å². The van der Waals surface area contributed by atoms with Gasteiger partial charge in [-0.05, 0) is 80.6 Å². The Morgan fingerprint density at radius 2 is 1.76 bits per heavy atom. The van der Waals surface area contributed by atoms with Crippen molar-refractivity contribution in [3.8, 4) is 11.5 Å². The maximum atomic E-state index is 13.5. The molecule has 0 spiro atoms. The van der Waals surface area contributed by atoms with Gasteiger partial charge in [-0.1, -0.05) is 12.1 Å². The van der Waals surface area contributed by atoms with E-state index >= 15 is 0 Å². The third-order valence-corrected chi connectivity index (χ3v) is 9.02. The number of piperidine rings is 2. The Bertz CT molecular complexity index is 1880. The Labute approximate surface area is 287 Å². The van der Waals surface area contributed by atoms with Crippen LogP contribution in [-0.2, 0) is 22.3 Å². The predicted molar refractivity (Wildman–Crippen MR) is 184 cm³/mol. The number of hydrogen-bond acceptors (Lipinski definition) is 10. The maximum Gasteiger partial charge on any atom is 0.416 e. The van der Waals surface area contributed by atoms with Crippen LogP contribution in [0.4, 0.5) is 30.4 Å². The zero-order valence-corrected chi connectivity index (χ0v) is 28.1. The molecule has 0 bridgehead atoms. The van der Waals surface area contributed by atoms with E-state index in [0.29, 0.717) is 52.4 Å². The number of nitrogens with two attached hydrogens (primary N) is 1. The average molecular weight is 692 g/mol. The van der Waals surface area contributed by atoms with Gasteiger partial charge in [0.2, 0.25) is 11.8 Å². The Hall–Kier alpha value is -5.11. The van der Waals surface area contributed by atoms with Gasteiger partial charge in [0.1, 0.15) is 23.8 Å². The molecule has 1 unspecified atom stereocenters. The molecule has 3 aromatic carbocycles. The standard InChI is InChI=1S/C36H40F3N7O4/c1-20(23-14-24(36(37,38)39)16-25(40)15-23)41-34-28-17-32(31(49-3)18-30(28)42-21(2)43-34)50-27-10-12-46(13-11-27)19-22-4-6-26(7-5-22)44-29-8-9-33(47)45-35(29)48/h4-7,14-18,20,27,29,44H,8-13,19,40H2,1-3H3,(H,41,42,43)(H,45,47,48)/t20-,29?/m1/s1. The van der Waals surface area contributed by atoms with Crippen molar-refractivity contribution in [1.82, 2.24) is 20.2 Å². The summed E-state index contributed by atoms with van der Waals surface area (Å²) in [7, 11) is 1.57. The highest BCUT2D eigenvalue weighted by Gasteiger charge is 2.32. The first-order valence-electron chi connectivity index (χ1n) is 16.5. The molecule has 3 heterocycles. The van der Waals surface area contributed by atoms with E-state index in [-0.39, 0.29) is 23.6 Å². The Kier molecular flexibility index (Phi) is 10.0. The fourth-order valence-electron chi connectivity index (χ4n) is 6.35. The number of nitrogens with one attached hydrogen (secondary N) is 3. The number of nitrogens with zero attached hydrogens (tertiary/aromatic N) is 3. The highest BCUT2D eigenvalue weighted by atomic mass is 19.4. The summed E-state index contributed by atoms with van der Waals surface area (Å²) in [6.07, 6.45) is -2.21. The number of carbonyl (C=O) groups is 2. The SMILES string of the molecule is COc1cc2nc(C)nc(N[C@H](C)c3cc(N)cc(C(F)(F)F)c3)c2cc1OC1CCN(Cc2ccc(NC3CCC(=O)NC3=O)cc2)CC1. The van der Waals surface area contributed by atoms with Crippen LogP contribution in [0.25, 0.3) is 10.9 Å². The number of aryl methyl sites for hydroxylation is 1. The summed E-state index contributed by atoms with van der Waals surface area (Å²) in [6, 6.07) is 14.1. The molecule has 5 N–H and O–H groups in total. The summed E-state index contributed by atoms with van der Waals surface area (Å²) in [4.78, 5) is 35.0. The van der Waals surface area contributed by atoms with Crippen LogP contribution in [-0.4, -0.2) is 59.0 Å². The van der Waals surface area contributed by atoms with Crippen molar-refractivity contribution in [2.24, 2.45) is 0 Å². The fourth-order valence-corrected chi connectivity index (χ4v) is 6.35. The molecule has 4 aromatic rings. The van der Waals surface area contributed by atoms with Gasteiger partial charge < -0.3 is 25.8 Å². The molecule has 2 saturated heterocycles. The van der Waals surface area contributed by atoms with E-state index in [4.69, 9.17) is 15.2 Å². The lowest BCUT2D eigenvalue weighted by molar-refractivity contribution is -0.137. The summed E-state index contributed by atoms with van der Waals surface area (Å²) < 4.78 is 52.6. The van der Waals surface area contributed by atoms with Crippen molar-refractivity contribution >= 4 is 39.9 Å². The first-order chi connectivity index (χ1) is 23.8. The summed E-state index contributed by atoms with van der Waals surface area (Å²) in [5.74, 6) is 1.46. The van der Waals surface area contributed by atoms with Crippen molar-refractivity contribution in [3.63, 3.8) is 0 Å². The molecule has 1 aromatic heterocycles. The largest absolute Gasteiger partial charge is 0.493 e. The molecule has 0 aliphatic carbocycles. The third-order valence-electron chi connectivity index (χ3n) is 9.02. The van der Waals surface area contributed by atoms with Crippen LogP contribution < -0.4 is 31.2 Å². The van der Waals surface area contributed by atoms with Gasteiger partial charge in [-0.15, -0.1) is 0 Å². The molecule has 50 heavy (non-hydrogen) atoms. The van der Waals surface area contributed by atoms with Crippen LogP contribution >= 0.6 is 0 Å². The van der Waals surface area contributed by atoms with E-state index in [0.717, 1.165) is 55.9 Å². The Balaban J connectivity index is 1.10. The summed E-state index contributed by atoms with van der Waals surface area (Å²) >= 11 is 0. The van der Waals surface area contributed by atoms with Gasteiger partial charge in [0.05, 0.1) is 24.2 Å². The number of likely N-dealkylation sites (tertiary alicyclic amines) is 1. The van der Waals surface area contributed by atoms with Crippen molar-refractivity contribution in [3.05, 3.63) is 77.1 Å². The number of alkyl halides is 3. The van der Waals surface area contributed by atoms with E-state index in [1.54, 1.807) is 27.0 Å². The average Bonchev–Trinajstić information content (AvgIpc) is 3.07. The lowest BCUT2D eigenvalue weighted by Crippen LogP contribution is -2.47. The van der Waals surface area contributed by atoms with Crippen LogP contribution in [0.15, 0.2) is 54.6 Å². The molecule has 2 aliphatic heterocycles. The van der Waals surface area contributed by atoms with Crippen LogP contribution in [0, 0.1) is 6.92 Å². The molecule has 14 heteroatoms. The van der Waals surface area contributed by atoms with Crippen LogP contribution in [0.3, 0.4) is 0 Å². The molecule has 2 aliphatic rings. The van der Waals surface area contributed by atoms with Gasteiger partial charge >= 0.3 is 6.18 Å². The van der Waals surface area contributed by atoms with E-state index in [1.165, 1.54) is 6.07 Å². The number of benzene rings is 3. The zero-order valence-electron chi connectivity index (χ0n) is 28.1. The van der Waals surface area contributed by atoms with Crippen LogP contribution in [0.5, 0.6) is 11.5 Å². The Morgan fingerprint density at radius 3 is 2.44 bits per heavy atom. The van der Waals surface area contributed by atoms with Gasteiger partial charge in [0.15, 0.2) is 11.5 Å². The first kappa shape index (κ1) is 34.7. The molecule has 6 rings (SSSR count). The lowest BCUT2D eigenvalue weighted by atomic mass is 10.0. The summed E-state index contributed by atoms with van der Waals surface area (Å²) in [6.45, 7) is 5.91. The number of fused-ring (bicyclic) bond motifs is 1. The minimum absolute atomic E-state index is 0.0240. The lowest BCUT2D eigenvalue weighted by Gasteiger charge is -2.32. The second-order valence-corrected chi connectivity index (χ2v) is 12.8. The van der Waals surface area contributed by atoms with Gasteiger partial charge in [0, 0.05) is 48.9 Å². The number of methoxy groups -OCH3 is 1. The number of hydrogen-bond donors (Lipinski definition) is 4. The van der Waals surface area contributed by atoms with E-state index in [9.17, 15) is 22.8 Å². The molecule has 2 fully saturated rings. The topological polar surface area (TPSA) is 144 Å². The quantitative estimate of drug-likeness (QED) is 0.116. The van der Waals surface area contributed by atoms with Gasteiger partial charge in [-0.2, -0.15) is 13.2 Å². The van der Waals surface area contributed by atoms with E-state index < -0.39 is 23.8 Å². The molecule has 2 atom stereocenters. The van der Waals surface area contributed by atoms with Crippen molar-refractivity contribution in [2.75, 3.05) is 36.6 Å². The molecule has 264 valence electrons. The zero-order chi connectivity index (χ0) is 35.6. The highest BCUT2D eigenvalue weighted by molar-refractivity contribution is 6.01. The van der Waals surface area contributed by atoms with Crippen molar-refractivity contribution in [2.45, 2.75) is 70.4 Å². The van der Waals surface area contributed by atoms with Gasteiger partial charge in [-0.3, -0.25) is 19.8 Å². The maximum absolute atomic E-state index is 13.5. The number of carbonyl (C=O) groups excluding carboxylic acids is 2. The normalized spacial score (nSPS) is 18.1. The molecule has 11 nitrogen and oxygen atoms in total. The number of imide groups is 1. The number of ether oxygens (including phenoxy) is 2. The molecule has 0 radical (unpaired) electrons. The monoisotopic (exact) mass is 691 g/mol. The number of anilines is 3. The number of halogens is 3. The second kappa shape index (κ2) is 14.4. The molecule has 2 amide bonds. The molecular formula is C36H40F3N7O4. The summed E-state index contributed by atoms with van der Waals surface area (Å²) in [5.41, 5.74) is 7.99. The second-order valence-electron chi connectivity index (χ2n) is 12.8. The van der Waals surface area contributed by atoms with Gasteiger partial charge in [-0.25, -0.2) is 9.97 Å². The highest BCUT2D eigenvalue weighted by Crippen LogP contribution is 2.38.